The molecule has 0 saturated carbocycles. The number of benzene rings is 1. The maximum Gasteiger partial charge on any atom is 0.222 e. The first-order chi connectivity index (χ1) is 9.40. The summed E-state index contributed by atoms with van der Waals surface area (Å²) in [6.45, 7) is 4.95. The third-order valence-corrected chi connectivity index (χ3v) is 4.09. The van der Waals surface area contributed by atoms with Crippen molar-refractivity contribution in [1.29, 1.82) is 0 Å². The molecule has 1 aromatic carbocycles. The minimum Gasteiger partial charge on any atom is -0.346 e. The van der Waals surface area contributed by atoms with Gasteiger partial charge in [0.05, 0.1) is 0 Å². The van der Waals surface area contributed by atoms with Gasteiger partial charge in [-0.25, -0.2) is 0 Å². The Morgan fingerprint density at radius 1 is 1.40 bits per heavy atom. The topological polar surface area (TPSA) is 46.3 Å². The normalized spacial score (nSPS) is 12.5. The lowest BCUT2D eigenvalue weighted by Crippen LogP contribution is -2.34. The second-order valence-electron chi connectivity index (χ2n) is 5.64. The van der Waals surface area contributed by atoms with Crippen molar-refractivity contribution in [2.24, 2.45) is 11.7 Å². The first-order valence-corrected chi connectivity index (χ1v) is 7.93. The summed E-state index contributed by atoms with van der Waals surface area (Å²) in [4.78, 5) is 13.8. The lowest BCUT2D eigenvalue weighted by atomic mass is 10.0. The van der Waals surface area contributed by atoms with Crippen LogP contribution in [0, 0.1) is 5.92 Å². The minimum atomic E-state index is 0.162. The summed E-state index contributed by atoms with van der Waals surface area (Å²) >= 11 is 3.44. The molecule has 0 aliphatic carbocycles. The van der Waals surface area contributed by atoms with Crippen molar-refractivity contribution in [3.63, 3.8) is 0 Å². The molecule has 1 amide bonds. The molecule has 2 N–H and O–H groups in total. The highest BCUT2D eigenvalue weighted by atomic mass is 79.9. The van der Waals surface area contributed by atoms with Crippen LogP contribution < -0.4 is 5.73 Å². The van der Waals surface area contributed by atoms with E-state index >= 15 is 0 Å². The zero-order valence-electron chi connectivity index (χ0n) is 12.6. The van der Waals surface area contributed by atoms with Crippen LogP contribution in [0.15, 0.2) is 28.7 Å². The van der Waals surface area contributed by atoms with E-state index in [4.69, 9.17) is 5.73 Å². The average molecular weight is 341 g/mol. The number of nitrogens with zero attached hydrogens (tertiary/aromatic N) is 1. The predicted molar refractivity (Wildman–Crippen MR) is 87.5 cm³/mol. The maximum absolute atomic E-state index is 12.1. The molecule has 1 aromatic rings. The van der Waals surface area contributed by atoms with Gasteiger partial charge in [0.2, 0.25) is 5.91 Å². The zero-order chi connectivity index (χ0) is 15.1. The van der Waals surface area contributed by atoms with Gasteiger partial charge in [0, 0.05) is 30.5 Å². The zero-order valence-corrected chi connectivity index (χ0v) is 14.2. The van der Waals surface area contributed by atoms with E-state index in [-0.39, 0.29) is 11.9 Å². The van der Waals surface area contributed by atoms with Gasteiger partial charge in [0.25, 0.3) is 0 Å². The number of hydrogen-bond donors (Lipinski definition) is 1. The largest absolute Gasteiger partial charge is 0.346 e. The molecule has 112 valence electrons. The fourth-order valence-electron chi connectivity index (χ4n) is 1.94. The molecule has 4 heteroatoms. The van der Waals surface area contributed by atoms with Crippen molar-refractivity contribution < 1.29 is 4.79 Å². The van der Waals surface area contributed by atoms with Gasteiger partial charge in [0.15, 0.2) is 0 Å². The fourth-order valence-corrected chi connectivity index (χ4v) is 2.38. The van der Waals surface area contributed by atoms with Gasteiger partial charge < -0.3 is 10.6 Å². The van der Waals surface area contributed by atoms with Crippen LogP contribution in [0.3, 0.4) is 0 Å². The van der Waals surface area contributed by atoms with E-state index in [1.807, 2.05) is 25.2 Å². The molecule has 0 aromatic heterocycles. The number of amides is 1. The van der Waals surface area contributed by atoms with Crippen molar-refractivity contribution in [3.8, 4) is 0 Å². The van der Waals surface area contributed by atoms with E-state index in [0.717, 1.165) is 23.9 Å². The molecular weight excluding hydrogens is 316 g/mol. The molecule has 0 fully saturated rings. The summed E-state index contributed by atoms with van der Waals surface area (Å²) < 4.78 is 1.05. The van der Waals surface area contributed by atoms with Crippen LogP contribution in [0.25, 0.3) is 0 Å². The molecule has 0 spiro atoms. The Morgan fingerprint density at radius 2 is 2.10 bits per heavy atom. The number of carbonyl (C=O) groups excluding carboxylic acids is 1. The molecule has 0 saturated heterocycles. The van der Waals surface area contributed by atoms with Gasteiger partial charge in [-0.15, -0.1) is 0 Å². The van der Waals surface area contributed by atoms with Crippen LogP contribution >= 0.6 is 15.9 Å². The van der Waals surface area contributed by atoms with Crippen molar-refractivity contribution in [2.45, 2.75) is 39.2 Å². The third-order valence-electron chi connectivity index (χ3n) is 3.60. The summed E-state index contributed by atoms with van der Waals surface area (Å²) in [5.41, 5.74) is 7.18. The summed E-state index contributed by atoms with van der Waals surface area (Å²) in [6.07, 6.45) is 2.18. The van der Waals surface area contributed by atoms with Crippen LogP contribution in [0.1, 0.15) is 32.3 Å². The van der Waals surface area contributed by atoms with Crippen molar-refractivity contribution in [1.82, 2.24) is 4.90 Å². The molecule has 0 radical (unpaired) electrons. The Kier molecular flexibility index (Phi) is 7.24. The second-order valence-corrected chi connectivity index (χ2v) is 6.56. The molecular formula is C16H25BrN2O. The number of carbonyl (C=O) groups is 1. The van der Waals surface area contributed by atoms with Crippen molar-refractivity contribution in [3.05, 3.63) is 34.3 Å². The lowest BCUT2D eigenvalue weighted by molar-refractivity contribution is -0.129. The van der Waals surface area contributed by atoms with E-state index in [0.29, 0.717) is 12.3 Å². The first kappa shape index (κ1) is 17.2. The Balaban J connectivity index is 2.35. The van der Waals surface area contributed by atoms with E-state index in [1.54, 1.807) is 4.90 Å². The minimum absolute atomic E-state index is 0.162. The number of aryl methyl sites for hydroxylation is 1. The Morgan fingerprint density at radius 3 is 2.70 bits per heavy atom. The molecule has 1 rings (SSSR count). The van der Waals surface area contributed by atoms with Gasteiger partial charge in [-0.05, 0) is 36.5 Å². The van der Waals surface area contributed by atoms with E-state index in [1.165, 1.54) is 5.56 Å². The van der Waals surface area contributed by atoms with Crippen molar-refractivity contribution >= 4 is 21.8 Å². The third kappa shape index (κ3) is 6.06. The highest BCUT2D eigenvalue weighted by molar-refractivity contribution is 9.10. The Hall–Kier alpha value is -0.870. The standard InChI is InChI=1S/C16H25BrN2O/c1-12(2)15(18)9-10-19(3)16(20)8-7-13-5-4-6-14(17)11-13/h4-6,11-12,15H,7-10,18H2,1-3H3. The van der Waals surface area contributed by atoms with Gasteiger partial charge in [0.1, 0.15) is 0 Å². The summed E-state index contributed by atoms with van der Waals surface area (Å²) in [5.74, 6) is 0.640. The van der Waals surface area contributed by atoms with Crippen molar-refractivity contribution in [2.75, 3.05) is 13.6 Å². The summed E-state index contributed by atoms with van der Waals surface area (Å²) in [5, 5.41) is 0. The van der Waals surface area contributed by atoms with Crippen LogP contribution in [0.5, 0.6) is 0 Å². The maximum atomic E-state index is 12.1. The van der Waals surface area contributed by atoms with Gasteiger partial charge in [-0.2, -0.15) is 0 Å². The predicted octanol–water partition coefficient (Wildman–Crippen LogP) is 3.21. The SMILES string of the molecule is CC(C)C(N)CCN(C)C(=O)CCc1cccc(Br)c1. The Bertz CT molecular complexity index is 434. The number of nitrogens with two attached hydrogens (primary N) is 1. The van der Waals surface area contributed by atoms with Crippen LogP contribution in [-0.2, 0) is 11.2 Å². The van der Waals surface area contributed by atoms with Crippen LogP contribution in [-0.4, -0.2) is 30.4 Å². The van der Waals surface area contributed by atoms with Crippen LogP contribution in [0.2, 0.25) is 0 Å². The number of rotatable bonds is 7. The summed E-state index contributed by atoms with van der Waals surface area (Å²) in [7, 11) is 1.86. The fraction of sp³-hybridized carbons (Fsp3) is 0.562. The number of hydrogen-bond acceptors (Lipinski definition) is 2. The summed E-state index contributed by atoms with van der Waals surface area (Å²) in [6, 6.07) is 8.25. The highest BCUT2D eigenvalue weighted by Gasteiger charge is 2.12. The number of halogens is 1. The average Bonchev–Trinajstić information content (AvgIpc) is 2.41. The quantitative estimate of drug-likeness (QED) is 0.828. The molecule has 0 heterocycles. The Labute approximate surface area is 130 Å². The van der Waals surface area contributed by atoms with E-state index in [9.17, 15) is 4.79 Å². The first-order valence-electron chi connectivity index (χ1n) is 7.14. The van der Waals surface area contributed by atoms with Gasteiger partial charge in [-0.3, -0.25) is 4.79 Å². The van der Waals surface area contributed by atoms with E-state index < -0.39 is 0 Å². The molecule has 0 aliphatic rings. The molecule has 1 atom stereocenters. The monoisotopic (exact) mass is 340 g/mol. The molecule has 3 nitrogen and oxygen atoms in total. The molecule has 0 aliphatic heterocycles. The van der Waals surface area contributed by atoms with Gasteiger partial charge >= 0.3 is 0 Å². The molecule has 20 heavy (non-hydrogen) atoms. The molecule has 1 unspecified atom stereocenters. The lowest BCUT2D eigenvalue weighted by Gasteiger charge is -2.21. The second kappa shape index (κ2) is 8.42. The van der Waals surface area contributed by atoms with Gasteiger partial charge in [-0.1, -0.05) is 41.9 Å². The van der Waals surface area contributed by atoms with E-state index in [2.05, 4.69) is 35.8 Å². The molecule has 0 bridgehead atoms. The smallest absolute Gasteiger partial charge is 0.222 e. The highest BCUT2D eigenvalue weighted by Crippen LogP contribution is 2.13. The van der Waals surface area contributed by atoms with Crippen LogP contribution in [0.4, 0.5) is 0 Å².